The number of amidine groups is 1. The van der Waals surface area contributed by atoms with Crippen LogP contribution in [0, 0.1) is 6.92 Å². The number of hydrogen-bond donors (Lipinski definition) is 2. The molecule has 1 aromatic carbocycles. The van der Waals surface area contributed by atoms with Gasteiger partial charge in [0.15, 0.2) is 0 Å². The third-order valence-electron chi connectivity index (χ3n) is 5.76. The molecule has 1 aromatic heterocycles. The fourth-order valence-electron chi connectivity index (χ4n) is 4.28. The molecule has 1 saturated carbocycles. The second-order valence-electron chi connectivity index (χ2n) is 7.93. The zero-order valence-corrected chi connectivity index (χ0v) is 16.7. The molecule has 1 aliphatic heterocycles. The molecule has 2 aliphatic rings. The van der Waals surface area contributed by atoms with Crippen LogP contribution in [0.25, 0.3) is 0 Å². The maximum absolute atomic E-state index is 14.5. The predicted molar refractivity (Wildman–Crippen MR) is 105 cm³/mol. The van der Waals surface area contributed by atoms with E-state index in [2.05, 4.69) is 15.3 Å². The molecule has 1 amide bonds. The van der Waals surface area contributed by atoms with E-state index in [1.54, 1.807) is 49.4 Å². The molecule has 30 heavy (non-hydrogen) atoms. The van der Waals surface area contributed by atoms with E-state index in [1.807, 2.05) is 0 Å². The quantitative estimate of drug-likeness (QED) is 0.800. The van der Waals surface area contributed by atoms with Crippen LogP contribution >= 0.6 is 0 Å². The Balaban J connectivity index is 1.84. The van der Waals surface area contributed by atoms with Crippen molar-refractivity contribution < 1.29 is 27.9 Å². The van der Waals surface area contributed by atoms with E-state index in [0.717, 1.165) is 19.3 Å². The predicted octanol–water partition coefficient (Wildman–Crippen LogP) is 2.18. The first-order chi connectivity index (χ1) is 14.3. The first-order valence-corrected chi connectivity index (χ1v) is 10.2. The summed E-state index contributed by atoms with van der Waals surface area (Å²) in [6, 6.07) is 13.3. The second-order valence-corrected chi connectivity index (χ2v) is 7.93. The number of aromatic amines is 1. The molecule has 2 aromatic rings. The summed E-state index contributed by atoms with van der Waals surface area (Å²) in [5.41, 5.74) is -1.71. The van der Waals surface area contributed by atoms with Gasteiger partial charge in [0, 0.05) is 6.07 Å². The lowest BCUT2D eigenvalue weighted by Crippen LogP contribution is -2.94. The fraction of sp³-hybridized carbons (Fsp3) is 0.409. The molecule has 1 atom stereocenters. The minimum atomic E-state index is -4.87. The van der Waals surface area contributed by atoms with E-state index < -0.39 is 17.7 Å². The average molecular weight is 418 g/mol. The van der Waals surface area contributed by atoms with Gasteiger partial charge in [-0.2, -0.15) is 18.1 Å². The van der Waals surface area contributed by atoms with Gasteiger partial charge in [0.25, 0.3) is 11.7 Å². The summed E-state index contributed by atoms with van der Waals surface area (Å²) in [5.74, 6) is -0.702. The third kappa shape index (κ3) is 3.55. The molecule has 1 aliphatic carbocycles. The topological polar surface area (TPSA) is 60.5 Å². The number of rotatable bonds is 4. The van der Waals surface area contributed by atoms with Gasteiger partial charge >= 0.3 is 17.7 Å². The molecule has 0 bridgehead atoms. The maximum Gasteiger partial charge on any atom is 0.488 e. The van der Waals surface area contributed by atoms with Crippen LogP contribution in [0.2, 0.25) is 0 Å². The molecule has 0 unspecified atom stereocenters. The summed E-state index contributed by atoms with van der Waals surface area (Å²) < 4.78 is 43.4. The molecule has 1 fully saturated rings. The number of aryl methyl sites for hydroxylation is 1. The highest BCUT2D eigenvalue weighted by atomic mass is 19.4. The van der Waals surface area contributed by atoms with Gasteiger partial charge in [-0.1, -0.05) is 30.7 Å². The number of carbonyl (C=O) groups is 1. The summed E-state index contributed by atoms with van der Waals surface area (Å²) in [7, 11) is 0. The van der Waals surface area contributed by atoms with E-state index in [0.29, 0.717) is 24.1 Å². The highest BCUT2D eigenvalue weighted by Gasteiger charge is 2.76. The monoisotopic (exact) mass is 418 g/mol. The molecule has 8 heteroatoms. The Labute approximate surface area is 173 Å². The summed E-state index contributed by atoms with van der Waals surface area (Å²) in [4.78, 5) is 20.3. The van der Waals surface area contributed by atoms with Crippen LogP contribution in [0.5, 0.6) is 0 Å². The van der Waals surface area contributed by atoms with Crippen molar-refractivity contribution in [3.05, 3.63) is 59.8 Å². The number of aromatic nitrogens is 1. The minimum absolute atomic E-state index is 0.117. The van der Waals surface area contributed by atoms with Gasteiger partial charge in [-0.05, 0) is 50.8 Å². The molecular weight excluding hydrogens is 393 g/mol. The second kappa shape index (κ2) is 7.74. The standard InChI is InChI=1S/C22H23F3N4O/c1-15-9-8-14-18(26-15)27-21(22(23,24)25)20(30)29(17-12-6-3-7-13-17)19(28-21)16-10-4-2-5-11-16/h2,4-5,8-11,14,17H,3,6-7,12-13H2,1H3,(H,26,27)/p+2/t21-/m1/s1. The van der Waals surface area contributed by atoms with Crippen LogP contribution in [-0.4, -0.2) is 34.5 Å². The molecule has 158 valence electrons. The molecular formula is C22H25F3N4O+2. The van der Waals surface area contributed by atoms with E-state index in [4.69, 9.17) is 0 Å². The maximum atomic E-state index is 14.5. The zero-order valence-electron chi connectivity index (χ0n) is 16.7. The number of nitrogens with one attached hydrogen (secondary N) is 3. The van der Waals surface area contributed by atoms with Crippen molar-refractivity contribution in [3.8, 4) is 0 Å². The number of halogens is 3. The number of pyridine rings is 1. The van der Waals surface area contributed by atoms with E-state index in [9.17, 15) is 18.0 Å². The van der Waals surface area contributed by atoms with Gasteiger partial charge in [0.05, 0.1) is 11.3 Å². The summed E-state index contributed by atoms with van der Waals surface area (Å²) in [5, 5.41) is 2.45. The van der Waals surface area contributed by atoms with Crippen molar-refractivity contribution >= 4 is 17.6 Å². The smallest absolute Gasteiger partial charge is 0.245 e. The van der Waals surface area contributed by atoms with Gasteiger partial charge in [-0.3, -0.25) is 0 Å². The summed E-state index contributed by atoms with van der Waals surface area (Å²) in [6.45, 7) is 1.74. The van der Waals surface area contributed by atoms with E-state index in [1.165, 1.54) is 11.0 Å². The number of benzene rings is 1. The largest absolute Gasteiger partial charge is 0.488 e. The molecule has 5 nitrogen and oxygen atoms in total. The Morgan fingerprint density at radius 1 is 1.03 bits per heavy atom. The molecule has 4 rings (SSSR count). The first-order valence-electron chi connectivity index (χ1n) is 10.2. The van der Waals surface area contributed by atoms with Crippen LogP contribution in [0.4, 0.5) is 19.0 Å². The third-order valence-corrected chi connectivity index (χ3v) is 5.76. The van der Waals surface area contributed by atoms with Gasteiger partial charge < -0.3 is 0 Å². The van der Waals surface area contributed by atoms with Gasteiger partial charge in [-0.25, -0.2) is 20.1 Å². The number of nitrogens with zero attached hydrogens (tertiary/aromatic N) is 1. The van der Waals surface area contributed by atoms with E-state index in [-0.39, 0.29) is 17.7 Å². The number of amides is 1. The van der Waals surface area contributed by atoms with Crippen LogP contribution in [0.1, 0.15) is 43.4 Å². The molecule has 3 N–H and O–H groups in total. The van der Waals surface area contributed by atoms with Crippen molar-refractivity contribution in [2.75, 3.05) is 5.32 Å². The number of anilines is 1. The molecule has 2 heterocycles. The average Bonchev–Trinajstić information content (AvgIpc) is 3.03. The highest BCUT2D eigenvalue weighted by Crippen LogP contribution is 2.34. The van der Waals surface area contributed by atoms with Crippen molar-refractivity contribution in [3.63, 3.8) is 0 Å². The normalized spacial score (nSPS) is 22.9. The number of hydrogen-bond acceptors (Lipinski definition) is 2. The zero-order chi connectivity index (χ0) is 21.4. The highest BCUT2D eigenvalue weighted by molar-refractivity contribution is 6.11. The van der Waals surface area contributed by atoms with Crippen LogP contribution in [-0.2, 0) is 4.79 Å². The molecule has 0 radical (unpaired) electrons. The molecule has 0 saturated heterocycles. The summed E-state index contributed by atoms with van der Waals surface area (Å²) >= 11 is 0. The Morgan fingerprint density at radius 3 is 2.37 bits per heavy atom. The van der Waals surface area contributed by atoms with Gasteiger partial charge in [-0.15, -0.1) is 0 Å². The molecule has 0 spiro atoms. The van der Waals surface area contributed by atoms with Crippen molar-refractivity contribution in [2.24, 2.45) is 0 Å². The number of H-pyrrole nitrogens is 1. The van der Waals surface area contributed by atoms with E-state index >= 15 is 0 Å². The van der Waals surface area contributed by atoms with Gasteiger partial charge in [0.1, 0.15) is 6.04 Å². The van der Waals surface area contributed by atoms with Crippen LogP contribution in [0.15, 0.2) is 48.5 Å². The fourth-order valence-corrected chi connectivity index (χ4v) is 4.28. The number of carbonyl (C=O) groups excluding carboxylic acids is 1. The lowest BCUT2D eigenvalue weighted by molar-refractivity contribution is -0.568. The van der Waals surface area contributed by atoms with Crippen molar-refractivity contribution in [2.45, 2.75) is 56.9 Å². The summed E-state index contributed by atoms with van der Waals surface area (Å²) in [6.07, 6.45) is -0.662. The SMILES string of the molecule is Cc1cccc(N[C@@]2(C(F)(F)F)[NH+]=C(c3ccccc3)N(C3CCCCC3)C2=O)[nH+]1. The van der Waals surface area contributed by atoms with Crippen LogP contribution < -0.4 is 15.3 Å². The number of alkyl halides is 3. The van der Waals surface area contributed by atoms with Crippen LogP contribution in [0.3, 0.4) is 0 Å². The minimum Gasteiger partial charge on any atom is -0.245 e. The Bertz CT molecular complexity index is 954. The van der Waals surface area contributed by atoms with Gasteiger partial charge in [0.2, 0.25) is 0 Å². The lowest BCUT2D eigenvalue weighted by atomic mass is 9.93. The van der Waals surface area contributed by atoms with Crippen molar-refractivity contribution in [1.82, 2.24) is 4.90 Å². The Hall–Kier alpha value is -2.90. The van der Waals surface area contributed by atoms with Crippen molar-refractivity contribution in [1.29, 1.82) is 0 Å². The first kappa shape index (κ1) is 20.4. The Kier molecular flexibility index (Phi) is 5.26. The Morgan fingerprint density at radius 2 is 1.73 bits per heavy atom. The lowest BCUT2D eigenvalue weighted by Gasteiger charge is -2.27.